The lowest BCUT2D eigenvalue weighted by molar-refractivity contribution is -0.138. The first-order valence-electron chi connectivity index (χ1n) is 11.6. The van der Waals surface area contributed by atoms with Gasteiger partial charge in [0.05, 0.1) is 0 Å². The number of hydrogen-bond acceptors (Lipinski definition) is 4. The Morgan fingerprint density at radius 2 is 1.53 bits per heavy atom. The van der Waals surface area contributed by atoms with Gasteiger partial charge in [-0.25, -0.2) is 4.98 Å². The third-order valence-electron chi connectivity index (χ3n) is 6.97. The summed E-state index contributed by atoms with van der Waals surface area (Å²) in [4.78, 5) is 34.5. The molecule has 2 aliphatic heterocycles. The molecule has 6 nitrogen and oxygen atoms in total. The second kappa shape index (κ2) is 8.77. The summed E-state index contributed by atoms with van der Waals surface area (Å²) in [5.41, 5.74) is 3.48. The van der Waals surface area contributed by atoms with E-state index in [0.29, 0.717) is 13.1 Å². The van der Waals surface area contributed by atoms with Gasteiger partial charge in [0.1, 0.15) is 5.52 Å². The van der Waals surface area contributed by atoms with Crippen molar-refractivity contribution in [3.05, 3.63) is 65.5 Å². The highest BCUT2D eigenvalue weighted by Crippen LogP contribution is 2.31. The highest BCUT2D eigenvalue weighted by atomic mass is 16.3. The largest absolute Gasteiger partial charge is 0.440 e. The van der Waals surface area contributed by atoms with Crippen molar-refractivity contribution < 1.29 is 14.0 Å². The van der Waals surface area contributed by atoms with Crippen molar-refractivity contribution in [2.24, 2.45) is 5.92 Å². The number of aromatic nitrogens is 1. The predicted molar refractivity (Wildman–Crippen MR) is 122 cm³/mol. The van der Waals surface area contributed by atoms with Crippen molar-refractivity contribution in [2.45, 2.75) is 38.5 Å². The second-order valence-corrected chi connectivity index (χ2v) is 9.00. The maximum Gasteiger partial charge on any atom is 0.254 e. The monoisotopic (exact) mass is 431 g/mol. The van der Waals surface area contributed by atoms with Crippen LogP contribution in [-0.2, 0) is 4.79 Å². The molecular formula is C26H29N3O3. The zero-order valence-electron chi connectivity index (χ0n) is 18.5. The number of rotatable bonds is 3. The molecule has 5 rings (SSSR count). The summed E-state index contributed by atoms with van der Waals surface area (Å²) in [6, 6.07) is 15.5. The lowest BCUT2D eigenvalue weighted by Gasteiger charge is -2.37. The van der Waals surface area contributed by atoms with Crippen LogP contribution in [0.5, 0.6) is 0 Å². The molecule has 0 unspecified atom stereocenters. The fourth-order valence-electron chi connectivity index (χ4n) is 4.98. The van der Waals surface area contributed by atoms with Crippen molar-refractivity contribution in [3.8, 4) is 0 Å². The van der Waals surface area contributed by atoms with E-state index in [4.69, 9.17) is 4.42 Å². The van der Waals surface area contributed by atoms with Crippen LogP contribution in [-0.4, -0.2) is 52.8 Å². The molecule has 0 bridgehead atoms. The van der Waals surface area contributed by atoms with Gasteiger partial charge in [0.15, 0.2) is 11.5 Å². The van der Waals surface area contributed by atoms with Crippen LogP contribution < -0.4 is 0 Å². The van der Waals surface area contributed by atoms with Crippen molar-refractivity contribution >= 4 is 22.9 Å². The number of benzene rings is 2. The SMILES string of the molecule is Cc1ccccc1C(=O)N1CCC(C(=O)N2CCC(c3nc4ccccc4o3)CC2)CC1. The zero-order chi connectivity index (χ0) is 22.1. The maximum absolute atomic E-state index is 13.1. The number of fused-ring (bicyclic) bond motifs is 1. The molecule has 0 radical (unpaired) electrons. The summed E-state index contributed by atoms with van der Waals surface area (Å²) in [6.45, 7) is 4.73. The van der Waals surface area contributed by atoms with Crippen LogP contribution in [0.1, 0.15) is 53.4 Å². The molecule has 2 saturated heterocycles. The van der Waals surface area contributed by atoms with Crippen molar-refractivity contribution in [1.82, 2.24) is 14.8 Å². The van der Waals surface area contributed by atoms with Gasteiger partial charge in [-0.1, -0.05) is 30.3 Å². The fourth-order valence-corrected chi connectivity index (χ4v) is 4.98. The number of carbonyl (C=O) groups is 2. The quantitative estimate of drug-likeness (QED) is 0.617. The van der Waals surface area contributed by atoms with Crippen LogP contribution in [0.25, 0.3) is 11.1 Å². The van der Waals surface area contributed by atoms with E-state index in [1.54, 1.807) is 0 Å². The first-order valence-corrected chi connectivity index (χ1v) is 11.6. The summed E-state index contributed by atoms with van der Waals surface area (Å²) < 4.78 is 5.95. The molecule has 6 heteroatoms. The Bertz CT molecular complexity index is 1090. The summed E-state index contributed by atoms with van der Waals surface area (Å²) in [6.07, 6.45) is 3.23. The van der Waals surface area contributed by atoms with Crippen molar-refractivity contribution in [1.29, 1.82) is 0 Å². The lowest BCUT2D eigenvalue weighted by Crippen LogP contribution is -2.46. The predicted octanol–water partition coefficient (Wildman–Crippen LogP) is 4.39. The van der Waals surface area contributed by atoms with Crippen LogP contribution in [0.15, 0.2) is 52.9 Å². The van der Waals surface area contributed by atoms with Gasteiger partial charge >= 0.3 is 0 Å². The van der Waals surface area contributed by atoms with E-state index in [0.717, 1.165) is 66.9 Å². The molecule has 1 aromatic heterocycles. The third-order valence-corrected chi connectivity index (χ3v) is 6.97. The molecule has 2 aromatic carbocycles. The summed E-state index contributed by atoms with van der Waals surface area (Å²) in [5, 5.41) is 0. The number of likely N-dealkylation sites (tertiary alicyclic amines) is 2. The van der Waals surface area contributed by atoms with Gasteiger partial charge in [-0.2, -0.15) is 0 Å². The van der Waals surface area contributed by atoms with Gasteiger partial charge in [0.2, 0.25) is 5.91 Å². The molecular weight excluding hydrogens is 402 g/mol. The molecule has 2 fully saturated rings. The van der Waals surface area contributed by atoms with E-state index in [1.165, 1.54) is 0 Å². The molecule has 2 amide bonds. The molecule has 3 heterocycles. The van der Waals surface area contributed by atoms with Crippen LogP contribution in [0, 0.1) is 12.8 Å². The summed E-state index contributed by atoms with van der Waals surface area (Å²) in [5.74, 6) is 1.38. The molecule has 32 heavy (non-hydrogen) atoms. The molecule has 0 N–H and O–H groups in total. The van der Waals surface area contributed by atoms with Gasteiger partial charge in [-0.15, -0.1) is 0 Å². The Hall–Kier alpha value is -3.15. The Morgan fingerprint density at radius 1 is 0.875 bits per heavy atom. The van der Waals surface area contributed by atoms with Gasteiger partial charge in [-0.05, 0) is 56.4 Å². The number of hydrogen-bond donors (Lipinski definition) is 0. The Kier molecular flexibility index (Phi) is 5.68. The Labute approximate surface area is 188 Å². The first kappa shape index (κ1) is 20.7. The molecule has 0 aliphatic carbocycles. The fraction of sp³-hybridized carbons (Fsp3) is 0.423. The summed E-state index contributed by atoms with van der Waals surface area (Å²) in [7, 11) is 0. The standard InChI is InChI=1S/C26H29N3O3/c1-18-6-2-3-7-21(18)26(31)29-16-12-20(13-17-29)25(30)28-14-10-19(11-15-28)24-27-22-8-4-5-9-23(22)32-24/h2-9,19-20H,10-17H2,1H3. The average Bonchev–Trinajstić information content (AvgIpc) is 3.28. The first-order chi connectivity index (χ1) is 15.6. The highest BCUT2D eigenvalue weighted by Gasteiger charge is 2.33. The van der Waals surface area contributed by atoms with Crippen molar-refractivity contribution in [2.75, 3.05) is 26.2 Å². The second-order valence-electron chi connectivity index (χ2n) is 9.00. The number of para-hydroxylation sites is 2. The highest BCUT2D eigenvalue weighted by molar-refractivity contribution is 5.95. The average molecular weight is 432 g/mol. The zero-order valence-corrected chi connectivity index (χ0v) is 18.5. The van der Waals surface area contributed by atoms with Gasteiger partial charge in [0.25, 0.3) is 5.91 Å². The minimum Gasteiger partial charge on any atom is -0.440 e. The molecule has 0 saturated carbocycles. The minimum atomic E-state index is 0.0109. The molecule has 3 aromatic rings. The topological polar surface area (TPSA) is 66.7 Å². The van der Waals surface area contributed by atoms with E-state index in [1.807, 2.05) is 65.3 Å². The number of oxazole rings is 1. The van der Waals surface area contributed by atoms with E-state index in [9.17, 15) is 9.59 Å². The normalized spacial score (nSPS) is 18.3. The number of aryl methyl sites for hydroxylation is 1. The van der Waals surface area contributed by atoms with E-state index in [-0.39, 0.29) is 23.7 Å². The number of piperidine rings is 2. The molecule has 166 valence electrons. The van der Waals surface area contributed by atoms with Crippen LogP contribution in [0.4, 0.5) is 0 Å². The van der Waals surface area contributed by atoms with E-state index >= 15 is 0 Å². The Balaban J connectivity index is 1.14. The number of nitrogens with zero attached hydrogens (tertiary/aromatic N) is 3. The number of amides is 2. The molecule has 0 spiro atoms. The maximum atomic E-state index is 13.1. The molecule has 2 aliphatic rings. The van der Waals surface area contributed by atoms with Crippen LogP contribution in [0.3, 0.4) is 0 Å². The van der Waals surface area contributed by atoms with Crippen molar-refractivity contribution in [3.63, 3.8) is 0 Å². The number of carbonyl (C=O) groups excluding carboxylic acids is 2. The third kappa shape index (κ3) is 4.01. The minimum absolute atomic E-state index is 0.0109. The Morgan fingerprint density at radius 3 is 2.25 bits per heavy atom. The van der Waals surface area contributed by atoms with Gasteiger partial charge in [-0.3, -0.25) is 9.59 Å². The van der Waals surface area contributed by atoms with E-state index < -0.39 is 0 Å². The lowest BCUT2D eigenvalue weighted by atomic mass is 9.91. The van der Waals surface area contributed by atoms with Gasteiger partial charge < -0.3 is 14.2 Å². The van der Waals surface area contributed by atoms with Crippen LogP contribution in [0.2, 0.25) is 0 Å². The smallest absolute Gasteiger partial charge is 0.254 e. The van der Waals surface area contributed by atoms with Crippen LogP contribution >= 0.6 is 0 Å². The van der Waals surface area contributed by atoms with Gasteiger partial charge in [0, 0.05) is 43.6 Å². The summed E-state index contributed by atoms with van der Waals surface area (Å²) >= 11 is 0. The molecule has 0 atom stereocenters. The van der Waals surface area contributed by atoms with E-state index in [2.05, 4.69) is 4.98 Å².